The minimum atomic E-state index is -4.47. The predicted molar refractivity (Wildman–Crippen MR) is 114 cm³/mol. The Morgan fingerprint density at radius 3 is 2.64 bits per heavy atom. The Morgan fingerprint density at radius 1 is 1.21 bits per heavy atom. The summed E-state index contributed by atoms with van der Waals surface area (Å²) in [5.41, 5.74) is 1.000. The van der Waals surface area contributed by atoms with Crippen LogP contribution in [0.15, 0.2) is 63.1 Å². The SMILES string of the molecule is O=C(O)Cc1cccc(SCc2noc(-c3ccc(C(F)(F)F)cc3)c2/C=N/OCCF)c1. The standard InChI is InChI=1S/C22H18F4N2O4S/c23-8-9-31-27-12-18-19(13-33-17-3-1-2-14(10-17)11-20(29)30)28-32-21(18)15-4-6-16(7-5-15)22(24,25)26/h1-7,10,12H,8-9,11,13H2,(H,29,30)/b27-12+. The second-order valence-electron chi connectivity index (χ2n) is 6.71. The Bertz CT molecular complexity index is 1110. The third kappa shape index (κ3) is 6.82. The highest BCUT2D eigenvalue weighted by atomic mass is 32.2. The van der Waals surface area contributed by atoms with Crippen molar-refractivity contribution in [1.82, 2.24) is 5.16 Å². The molecule has 33 heavy (non-hydrogen) atoms. The molecule has 2 aromatic carbocycles. The van der Waals surface area contributed by atoms with E-state index in [1.165, 1.54) is 30.1 Å². The van der Waals surface area contributed by atoms with E-state index in [9.17, 15) is 22.4 Å². The zero-order valence-corrected chi connectivity index (χ0v) is 17.8. The van der Waals surface area contributed by atoms with E-state index >= 15 is 0 Å². The molecule has 3 rings (SSSR count). The van der Waals surface area contributed by atoms with Crippen LogP contribution in [0.4, 0.5) is 17.6 Å². The van der Waals surface area contributed by atoms with Crippen molar-refractivity contribution in [2.75, 3.05) is 13.3 Å². The summed E-state index contributed by atoms with van der Waals surface area (Å²) < 4.78 is 56.3. The van der Waals surface area contributed by atoms with Gasteiger partial charge in [0.05, 0.1) is 23.8 Å². The van der Waals surface area contributed by atoms with E-state index in [0.717, 1.165) is 17.0 Å². The average Bonchev–Trinajstić information content (AvgIpc) is 3.17. The van der Waals surface area contributed by atoms with Crippen LogP contribution in [0, 0.1) is 0 Å². The van der Waals surface area contributed by atoms with E-state index < -0.39 is 24.4 Å². The summed E-state index contributed by atoms with van der Waals surface area (Å²) in [5.74, 6) is -0.460. The first-order chi connectivity index (χ1) is 15.8. The minimum Gasteiger partial charge on any atom is -0.481 e. The van der Waals surface area contributed by atoms with Gasteiger partial charge in [0, 0.05) is 16.2 Å². The number of nitrogens with zero attached hydrogens (tertiary/aromatic N) is 2. The molecule has 0 spiro atoms. The van der Waals surface area contributed by atoms with E-state index in [4.69, 9.17) is 14.5 Å². The number of halogens is 4. The van der Waals surface area contributed by atoms with Crippen LogP contribution in [0.3, 0.4) is 0 Å². The molecule has 0 saturated carbocycles. The van der Waals surface area contributed by atoms with Gasteiger partial charge < -0.3 is 14.5 Å². The van der Waals surface area contributed by atoms with Crippen LogP contribution < -0.4 is 0 Å². The van der Waals surface area contributed by atoms with Gasteiger partial charge in [-0.15, -0.1) is 11.8 Å². The summed E-state index contributed by atoms with van der Waals surface area (Å²) in [4.78, 5) is 16.5. The number of rotatable bonds is 10. The van der Waals surface area contributed by atoms with E-state index in [1.807, 2.05) is 6.07 Å². The van der Waals surface area contributed by atoms with Crippen molar-refractivity contribution in [3.05, 3.63) is 70.9 Å². The van der Waals surface area contributed by atoms with Gasteiger partial charge in [-0.1, -0.05) is 34.6 Å². The number of aliphatic carboxylic acids is 1. The molecular formula is C22H18F4N2O4S. The van der Waals surface area contributed by atoms with E-state index in [2.05, 4.69) is 10.3 Å². The number of hydrogen-bond donors (Lipinski definition) is 1. The van der Waals surface area contributed by atoms with Crippen molar-refractivity contribution in [3.63, 3.8) is 0 Å². The normalized spacial score (nSPS) is 11.8. The summed E-state index contributed by atoms with van der Waals surface area (Å²) in [5, 5.41) is 16.7. The first-order valence-corrected chi connectivity index (χ1v) is 10.6. The Labute approximate surface area is 190 Å². The highest BCUT2D eigenvalue weighted by molar-refractivity contribution is 7.98. The van der Waals surface area contributed by atoms with Gasteiger partial charge in [0.15, 0.2) is 5.76 Å². The molecule has 0 aliphatic carbocycles. The van der Waals surface area contributed by atoms with Gasteiger partial charge in [0.2, 0.25) is 0 Å². The van der Waals surface area contributed by atoms with Gasteiger partial charge in [-0.05, 0) is 29.8 Å². The molecule has 0 saturated heterocycles. The van der Waals surface area contributed by atoms with Crippen LogP contribution in [-0.2, 0) is 28.0 Å². The van der Waals surface area contributed by atoms with Crippen LogP contribution in [-0.4, -0.2) is 35.7 Å². The fourth-order valence-electron chi connectivity index (χ4n) is 2.83. The molecule has 174 valence electrons. The molecule has 0 radical (unpaired) electrons. The number of benzene rings is 2. The highest BCUT2D eigenvalue weighted by Crippen LogP contribution is 2.33. The van der Waals surface area contributed by atoms with Crippen LogP contribution in [0.25, 0.3) is 11.3 Å². The first-order valence-electron chi connectivity index (χ1n) is 9.59. The Hall–Kier alpha value is -3.34. The molecule has 1 heterocycles. The fourth-order valence-corrected chi connectivity index (χ4v) is 3.76. The van der Waals surface area contributed by atoms with Gasteiger partial charge >= 0.3 is 12.1 Å². The quantitative estimate of drug-likeness (QED) is 0.133. The lowest BCUT2D eigenvalue weighted by Gasteiger charge is -2.07. The lowest BCUT2D eigenvalue weighted by molar-refractivity contribution is -0.138. The number of carboxylic acids is 1. The first kappa shape index (κ1) is 24.3. The number of alkyl halides is 4. The Kier molecular flexibility index (Phi) is 8.10. The minimum absolute atomic E-state index is 0.111. The summed E-state index contributed by atoms with van der Waals surface area (Å²) >= 11 is 1.36. The summed E-state index contributed by atoms with van der Waals surface area (Å²) in [6.07, 6.45) is -3.31. The topological polar surface area (TPSA) is 84.9 Å². The molecule has 6 nitrogen and oxygen atoms in total. The number of oxime groups is 1. The molecule has 0 fully saturated rings. The molecule has 0 amide bonds. The number of carboxylic acid groups (broad SMARTS) is 1. The maximum absolute atomic E-state index is 12.9. The van der Waals surface area contributed by atoms with E-state index in [1.54, 1.807) is 18.2 Å². The van der Waals surface area contributed by atoms with Crippen molar-refractivity contribution in [3.8, 4) is 11.3 Å². The fraction of sp³-hybridized carbons (Fsp3) is 0.227. The smallest absolute Gasteiger partial charge is 0.416 e. The molecule has 0 atom stereocenters. The third-order valence-corrected chi connectivity index (χ3v) is 5.34. The molecule has 1 N–H and O–H groups in total. The maximum atomic E-state index is 12.9. The Morgan fingerprint density at radius 2 is 1.97 bits per heavy atom. The molecule has 0 unspecified atom stereocenters. The number of hydrogen-bond acceptors (Lipinski definition) is 6. The monoisotopic (exact) mass is 482 g/mol. The Balaban J connectivity index is 1.85. The largest absolute Gasteiger partial charge is 0.481 e. The molecule has 0 bridgehead atoms. The summed E-state index contributed by atoms with van der Waals surface area (Å²) in [6.45, 7) is -0.986. The summed E-state index contributed by atoms with van der Waals surface area (Å²) in [7, 11) is 0. The summed E-state index contributed by atoms with van der Waals surface area (Å²) in [6, 6.07) is 11.4. The number of aromatic nitrogens is 1. The number of carbonyl (C=O) groups is 1. The van der Waals surface area contributed by atoms with Gasteiger partial charge in [-0.3, -0.25) is 4.79 Å². The highest BCUT2D eigenvalue weighted by Gasteiger charge is 2.30. The molecule has 3 aromatic rings. The molecular weight excluding hydrogens is 464 g/mol. The molecule has 0 aliphatic rings. The zero-order chi connectivity index (χ0) is 23.8. The van der Waals surface area contributed by atoms with Gasteiger partial charge in [0.25, 0.3) is 0 Å². The van der Waals surface area contributed by atoms with Crippen molar-refractivity contribution in [2.24, 2.45) is 5.16 Å². The van der Waals surface area contributed by atoms with Crippen molar-refractivity contribution >= 4 is 23.9 Å². The average molecular weight is 482 g/mol. The van der Waals surface area contributed by atoms with Gasteiger partial charge in [0.1, 0.15) is 19.0 Å². The van der Waals surface area contributed by atoms with Crippen LogP contribution >= 0.6 is 11.8 Å². The van der Waals surface area contributed by atoms with Crippen molar-refractivity contribution in [2.45, 2.75) is 23.2 Å². The number of thioether (sulfide) groups is 1. The van der Waals surface area contributed by atoms with E-state index in [-0.39, 0.29) is 18.8 Å². The second-order valence-corrected chi connectivity index (χ2v) is 7.76. The van der Waals surface area contributed by atoms with Crippen molar-refractivity contribution < 1.29 is 36.8 Å². The van der Waals surface area contributed by atoms with Gasteiger partial charge in [-0.25, -0.2) is 4.39 Å². The van der Waals surface area contributed by atoms with Gasteiger partial charge in [-0.2, -0.15) is 13.2 Å². The molecule has 1 aromatic heterocycles. The second kappa shape index (κ2) is 11.0. The predicted octanol–water partition coefficient (Wildman–Crippen LogP) is 5.60. The van der Waals surface area contributed by atoms with Crippen LogP contribution in [0.2, 0.25) is 0 Å². The lowest BCUT2D eigenvalue weighted by atomic mass is 10.1. The van der Waals surface area contributed by atoms with Crippen molar-refractivity contribution in [1.29, 1.82) is 0 Å². The molecule has 11 heteroatoms. The maximum Gasteiger partial charge on any atom is 0.416 e. The van der Waals surface area contributed by atoms with Crippen LogP contribution in [0.1, 0.15) is 22.4 Å². The third-order valence-electron chi connectivity index (χ3n) is 4.33. The van der Waals surface area contributed by atoms with Crippen LogP contribution in [0.5, 0.6) is 0 Å². The molecule has 0 aliphatic heterocycles. The van der Waals surface area contributed by atoms with E-state index in [0.29, 0.717) is 28.1 Å². The lowest BCUT2D eigenvalue weighted by Crippen LogP contribution is -2.04. The zero-order valence-electron chi connectivity index (χ0n) is 17.0.